The van der Waals surface area contributed by atoms with Gasteiger partial charge in [-0.25, -0.2) is 4.39 Å². The number of piperidine rings is 1. The van der Waals surface area contributed by atoms with Crippen LogP contribution in [-0.4, -0.2) is 56.7 Å². The van der Waals surface area contributed by atoms with Gasteiger partial charge in [0.1, 0.15) is 5.82 Å². The zero-order chi connectivity index (χ0) is 18.4. The molecule has 0 aliphatic carbocycles. The number of hydrogen-bond donors (Lipinski definition) is 1. The summed E-state index contributed by atoms with van der Waals surface area (Å²) in [4.78, 5) is 11.9. The van der Waals surface area contributed by atoms with Gasteiger partial charge >= 0.3 is 0 Å². The number of rotatable bonds is 7. The molecule has 2 rings (SSSR count). The largest absolute Gasteiger partial charge is 0.356 e. The van der Waals surface area contributed by atoms with E-state index in [1.807, 2.05) is 0 Å². The third-order valence-corrected chi connectivity index (χ3v) is 6.47. The molecule has 0 unspecified atom stereocenters. The molecule has 0 bridgehead atoms. The highest BCUT2D eigenvalue weighted by Crippen LogP contribution is 2.20. The summed E-state index contributed by atoms with van der Waals surface area (Å²) in [6.45, 7) is 1.47. The van der Waals surface area contributed by atoms with Crippen LogP contribution in [0.15, 0.2) is 24.3 Å². The number of benzene rings is 1. The van der Waals surface area contributed by atoms with Crippen LogP contribution in [0, 0.1) is 11.7 Å². The van der Waals surface area contributed by atoms with Crippen molar-refractivity contribution in [3.63, 3.8) is 0 Å². The molecule has 140 valence electrons. The third-order valence-electron chi connectivity index (χ3n) is 4.53. The summed E-state index contributed by atoms with van der Waals surface area (Å²) in [5, 5.41) is 2.88. The second-order valence-electron chi connectivity index (χ2n) is 6.53. The van der Waals surface area contributed by atoms with Crippen LogP contribution in [0.1, 0.15) is 24.8 Å². The Labute approximate surface area is 149 Å². The second kappa shape index (κ2) is 8.73. The van der Waals surface area contributed by atoms with Gasteiger partial charge in [0.25, 0.3) is 10.2 Å². The summed E-state index contributed by atoms with van der Waals surface area (Å²) >= 11 is 0. The lowest BCUT2D eigenvalue weighted by molar-refractivity contribution is -0.121. The number of halogens is 1. The van der Waals surface area contributed by atoms with Crippen LogP contribution in [0.4, 0.5) is 4.39 Å². The van der Waals surface area contributed by atoms with Crippen LogP contribution in [-0.2, 0) is 21.4 Å². The molecule has 1 aliphatic rings. The lowest BCUT2D eigenvalue weighted by atomic mass is 9.98. The molecule has 1 saturated heterocycles. The van der Waals surface area contributed by atoms with E-state index < -0.39 is 10.2 Å². The molecule has 1 amide bonds. The highest BCUT2D eigenvalue weighted by molar-refractivity contribution is 7.86. The van der Waals surface area contributed by atoms with Crippen LogP contribution in [0.3, 0.4) is 0 Å². The smallest absolute Gasteiger partial charge is 0.281 e. The van der Waals surface area contributed by atoms with Crippen molar-refractivity contribution < 1.29 is 17.6 Å². The second-order valence-corrected chi connectivity index (χ2v) is 8.67. The maximum absolute atomic E-state index is 13.5. The number of carbonyl (C=O) groups excluding carboxylic acids is 1. The standard InChI is InChI=1S/C17H26FN3O3S/c1-20(2)25(23,24)21-11-9-14(10-12-21)13-19-17(22)8-7-15-5-3-4-6-16(15)18/h3-6,14H,7-13H2,1-2H3,(H,19,22). The Morgan fingerprint density at radius 1 is 1.28 bits per heavy atom. The van der Waals surface area contributed by atoms with Crippen molar-refractivity contribution in [1.29, 1.82) is 0 Å². The molecule has 1 aliphatic heterocycles. The van der Waals surface area contributed by atoms with Gasteiger partial charge in [0, 0.05) is 40.2 Å². The van der Waals surface area contributed by atoms with E-state index in [0.717, 1.165) is 12.8 Å². The number of amides is 1. The maximum atomic E-state index is 13.5. The summed E-state index contributed by atoms with van der Waals surface area (Å²) in [5.41, 5.74) is 0.542. The van der Waals surface area contributed by atoms with Crippen molar-refractivity contribution in [2.75, 3.05) is 33.7 Å². The van der Waals surface area contributed by atoms with E-state index in [1.165, 1.54) is 28.8 Å². The van der Waals surface area contributed by atoms with E-state index in [2.05, 4.69) is 5.32 Å². The minimum Gasteiger partial charge on any atom is -0.356 e. The van der Waals surface area contributed by atoms with Crippen molar-refractivity contribution in [3.05, 3.63) is 35.6 Å². The van der Waals surface area contributed by atoms with Crippen LogP contribution < -0.4 is 5.32 Å². The Balaban J connectivity index is 1.71. The molecule has 8 heteroatoms. The molecule has 0 radical (unpaired) electrons. The molecule has 1 heterocycles. The van der Waals surface area contributed by atoms with Gasteiger partial charge in [0.15, 0.2) is 0 Å². The fourth-order valence-corrected chi connectivity index (χ4v) is 4.01. The third kappa shape index (κ3) is 5.49. The van der Waals surface area contributed by atoms with E-state index in [-0.39, 0.29) is 24.1 Å². The zero-order valence-electron chi connectivity index (χ0n) is 14.7. The molecule has 1 N–H and O–H groups in total. The van der Waals surface area contributed by atoms with Crippen molar-refractivity contribution in [2.24, 2.45) is 5.92 Å². The van der Waals surface area contributed by atoms with Gasteiger partial charge in [-0.15, -0.1) is 0 Å². The van der Waals surface area contributed by atoms with E-state index in [9.17, 15) is 17.6 Å². The topological polar surface area (TPSA) is 69.7 Å². The SMILES string of the molecule is CN(C)S(=O)(=O)N1CCC(CNC(=O)CCc2ccccc2F)CC1. The highest BCUT2D eigenvalue weighted by Gasteiger charge is 2.29. The molecule has 0 aromatic heterocycles. The normalized spacial score (nSPS) is 17.0. The Bertz CT molecular complexity index is 686. The average molecular weight is 371 g/mol. The van der Waals surface area contributed by atoms with E-state index in [4.69, 9.17) is 0 Å². The first-order valence-electron chi connectivity index (χ1n) is 8.48. The van der Waals surface area contributed by atoms with Crippen LogP contribution in [0.2, 0.25) is 0 Å². The van der Waals surface area contributed by atoms with Gasteiger partial charge in [0.2, 0.25) is 5.91 Å². The Hall–Kier alpha value is -1.51. The maximum Gasteiger partial charge on any atom is 0.281 e. The fourth-order valence-electron chi connectivity index (χ4n) is 2.87. The molecular weight excluding hydrogens is 345 g/mol. The van der Waals surface area contributed by atoms with Gasteiger partial charge in [-0.2, -0.15) is 17.0 Å². The number of carbonyl (C=O) groups is 1. The summed E-state index contributed by atoms with van der Waals surface area (Å²) in [6, 6.07) is 6.46. The summed E-state index contributed by atoms with van der Waals surface area (Å²) in [6.07, 6.45) is 2.06. The molecule has 6 nitrogen and oxygen atoms in total. The molecule has 0 saturated carbocycles. The molecule has 1 aromatic carbocycles. The predicted molar refractivity (Wildman–Crippen MR) is 94.6 cm³/mol. The lowest BCUT2D eigenvalue weighted by Gasteiger charge is -2.32. The molecule has 1 fully saturated rings. The van der Waals surface area contributed by atoms with E-state index in [0.29, 0.717) is 31.6 Å². The van der Waals surface area contributed by atoms with Gasteiger partial charge in [0.05, 0.1) is 0 Å². The zero-order valence-corrected chi connectivity index (χ0v) is 15.6. The fraction of sp³-hybridized carbons (Fsp3) is 0.588. The van der Waals surface area contributed by atoms with Crippen molar-refractivity contribution in [2.45, 2.75) is 25.7 Å². The summed E-state index contributed by atoms with van der Waals surface area (Å²) < 4.78 is 40.3. The van der Waals surface area contributed by atoms with Gasteiger partial charge in [-0.3, -0.25) is 4.79 Å². The highest BCUT2D eigenvalue weighted by atomic mass is 32.2. The van der Waals surface area contributed by atoms with Crippen LogP contribution in [0.25, 0.3) is 0 Å². The van der Waals surface area contributed by atoms with Crippen molar-refractivity contribution >= 4 is 16.1 Å². The Morgan fingerprint density at radius 3 is 2.52 bits per heavy atom. The Kier molecular flexibility index (Phi) is 6.92. The molecule has 0 spiro atoms. The summed E-state index contributed by atoms with van der Waals surface area (Å²) in [7, 11) is -0.304. The van der Waals surface area contributed by atoms with Crippen LogP contribution >= 0.6 is 0 Å². The molecule has 0 atom stereocenters. The summed E-state index contributed by atoms with van der Waals surface area (Å²) in [5.74, 6) is -0.123. The number of hydrogen-bond acceptors (Lipinski definition) is 3. The monoisotopic (exact) mass is 371 g/mol. The molecule has 25 heavy (non-hydrogen) atoms. The van der Waals surface area contributed by atoms with Gasteiger partial charge in [-0.1, -0.05) is 18.2 Å². The first-order valence-corrected chi connectivity index (χ1v) is 9.88. The number of nitrogens with one attached hydrogen (secondary N) is 1. The van der Waals surface area contributed by atoms with Crippen LogP contribution in [0.5, 0.6) is 0 Å². The van der Waals surface area contributed by atoms with Gasteiger partial charge < -0.3 is 5.32 Å². The van der Waals surface area contributed by atoms with Crippen molar-refractivity contribution in [1.82, 2.24) is 13.9 Å². The van der Waals surface area contributed by atoms with E-state index in [1.54, 1.807) is 18.2 Å². The molecular formula is C17H26FN3O3S. The molecule has 1 aromatic rings. The minimum absolute atomic E-state index is 0.105. The minimum atomic E-state index is -3.35. The average Bonchev–Trinajstić information content (AvgIpc) is 2.59. The first kappa shape index (κ1) is 19.8. The van der Waals surface area contributed by atoms with E-state index >= 15 is 0 Å². The number of nitrogens with zero attached hydrogens (tertiary/aromatic N) is 2. The lowest BCUT2D eigenvalue weighted by Crippen LogP contribution is -2.45. The number of aryl methyl sites for hydroxylation is 1. The van der Waals surface area contributed by atoms with Crippen molar-refractivity contribution in [3.8, 4) is 0 Å². The quantitative estimate of drug-likeness (QED) is 0.788. The van der Waals surface area contributed by atoms with Gasteiger partial charge in [-0.05, 0) is 36.8 Å². The Morgan fingerprint density at radius 2 is 1.92 bits per heavy atom. The first-order chi connectivity index (χ1) is 11.8. The predicted octanol–water partition coefficient (Wildman–Crippen LogP) is 1.39.